The summed E-state index contributed by atoms with van der Waals surface area (Å²) in [5, 5.41) is 2.70. The normalized spacial score (nSPS) is 11.9. The summed E-state index contributed by atoms with van der Waals surface area (Å²) < 4.78 is 11.5. The van der Waals surface area contributed by atoms with Crippen molar-refractivity contribution in [2.75, 3.05) is 11.9 Å². The molecular formula is C22H24N2O5. The number of anilines is 1. The molecule has 1 heterocycles. The Morgan fingerprint density at radius 2 is 1.86 bits per heavy atom. The lowest BCUT2D eigenvalue weighted by Crippen LogP contribution is -2.22. The van der Waals surface area contributed by atoms with E-state index >= 15 is 0 Å². The number of carbonyl (C=O) groups excluding carboxylic acids is 2. The molecule has 0 spiro atoms. The predicted molar refractivity (Wildman–Crippen MR) is 110 cm³/mol. The predicted octanol–water partition coefficient (Wildman–Crippen LogP) is 3.68. The lowest BCUT2D eigenvalue weighted by Gasteiger charge is -2.10. The number of benzene rings is 2. The van der Waals surface area contributed by atoms with Crippen molar-refractivity contribution in [1.29, 1.82) is 0 Å². The van der Waals surface area contributed by atoms with Gasteiger partial charge in [-0.15, -0.1) is 0 Å². The monoisotopic (exact) mass is 396 g/mol. The Kier molecular flexibility index (Phi) is 6.49. The van der Waals surface area contributed by atoms with Crippen LogP contribution >= 0.6 is 0 Å². The van der Waals surface area contributed by atoms with Crippen LogP contribution in [0, 0.1) is 0 Å². The largest absolute Gasteiger partial charge is 0.456 e. The molecule has 0 aliphatic carbocycles. The molecule has 0 aliphatic rings. The van der Waals surface area contributed by atoms with E-state index in [0.717, 1.165) is 6.42 Å². The van der Waals surface area contributed by atoms with Gasteiger partial charge in [-0.25, -0.2) is 4.79 Å². The van der Waals surface area contributed by atoms with Gasteiger partial charge in [-0.05, 0) is 42.2 Å². The number of para-hydroxylation sites is 2. The van der Waals surface area contributed by atoms with Crippen LogP contribution < -0.4 is 11.1 Å². The third kappa shape index (κ3) is 5.13. The van der Waals surface area contributed by atoms with Crippen LogP contribution in [0.1, 0.15) is 38.2 Å². The second-order valence-electron chi connectivity index (χ2n) is 6.88. The van der Waals surface area contributed by atoms with Crippen molar-refractivity contribution in [1.82, 2.24) is 4.57 Å². The molecule has 1 aromatic heterocycles. The first-order chi connectivity index (χ1) is 14.0. The standard InChI is InChI=1S/C22H24N2O5/c1-3-15(2)16-8-10-17(11-9-16)23-20(25)14-28-21(26)12-13-24-18-6-4-5-7-19(18)29-22(24)27/h4-11,15H,3,12-14H2,1-2H3,(H,23,25)/t15-/m1/s1. The fraction of sp³-hybridized carbons (Fsp3) is 0.318. The lowest BCUT2D eigenvalue weighted by atomic mass is 9.99. The van der Waals surface area contributed by atoms with E-state index in [2.05, 4.69) is 19.2 Å². The van der Waals surface area contributed by atoms with Crippen LogP contribution in [0.2, 0.25) is 0 Å². The molecule has 0 radical (unpaired) electrons. The number of ether oxygens (including phenoxy) is 1. The van der Waals surface area contributed by atoms with Gasteiger partial charge in [-0.2, -0.15) is 0 Å². The molecule has 29 heavy (non-hydrogen) atoms. The zero-order valence-corrected chi connectivity index (χ0v) is 16.5. The molecule has 7 heteroatoms. The molecule has 2 aromatic carbocycles. The van der Waals surface area contributed by atoms with E-state index in [9.17, 15) is 14.4 Å². The van der Waals surface area contributed by atoms with Crippen LogP contribution in [0.5, 0.6) is 0 Å². The Hall–Kier alpha value is -3.35. The summed E-state index contributed by atoms with van der Waals surface area (Å²) in [4.78, 5) is 35.8. The van der Waals surface area contributed by atoms with Crippen LogP contribution in [0.15, 0.2) is 57.7 Å². The Balaban J connectivity index is 1.47. The summed E-state index contributed by atoms with van der Waals surface area (Å²) in [5.41, 5.74) is 2.93. The highest BCUT2D eigenvalue weighted by molar-refractivity contribution is 5.92. The molecule has 7 nitrogen and oxygen atoms in total. The van der Waals surface area contributed by atoms with Crippen LogP contribution in [-0.2, 0) is 20.9 Å². The maximum Gasteiger partial charge on any atom is 0.419 e. The van der Waals surface area contributed by atoms with E-state index in [-0.39, 0.29) is 19.6 Å². The van der Waals surface area contributed by atoms with Crippen molar-refractivity contribution in [2.45, 2.75) is 39.2 Å². The molecule has 0 saturated heterocycles. The van der Waals surface area contributed by atoms with Gasteiger partial charge in [0.15, 0.2) is 12.2 Å². The van der Waals surface area contributed by atoms with Crippen LogP contribution in [0.3, 0.4) is 0 Å². The minimum atomic E-state index is -0.565. The summed E-state index contributed by atoms with van der Waals surface area (Å²) in [6.07, 6.45) is 1.00. The molecule has 0 aliphatic heterocycles. The third-order valence-corrected chi connectivity index (χ3v) is 4.85. The number of nitrogens with one attached hydrogen (secondary N) is 1. The number of rotatable bonds is 8. The van der Waals surface area contributed by atoms with Gasteiger partial charge in [0.2, 0.25) is 0 Å². The molecule has 1 N–H and O–H groups in total. The summed E-state index contributed by atoms with van der Waals surface area (Å²) in [5.74, 6) is -1.05. The topological polar surface area (TPSA) is 90.5 Å². The minimum absolute atomic E-state index is 0.0414. The molecule has 152 valence electrons. The number of hydrogen-bond acceptors (Lipinski definition) is 5. The van der Waals surface area contributed by atoms with Gasteiger partial charge in [0.05, 0.1) is 11.9 Å². The lowest BCUT2D eigenvalue weighted by molar-refractivity contribution is -0.147. The number of esters is 1. The smallest absolute Gasteiger partial charge is 0.419 e. The zero-order valence-electron chi connectivity index (χ0n) is 16.5. The first-order valence-electron chi connectivity index (χ1n) is 9.61. The van der Waals surface area contributed by atoms with E-state index in [4.69, 9.17) is 9.15 Å². The molecule has 1 atom stereocenters. The van der Waals surface area contributed by atoms with Crippen LogP contribution in [0.25, 0.3) is 11.1 Å². The number of aromatic nitrogens is 1. The fourth-order valence-electron chi connectivity index (χ4n) is 2.97. The minimum Gasteiger partial charge on any atom is -0.456 e. The van der Waals surface area contributed by atoms with Crippen molar-refractivity contribution < 1.29 is 18.7 Å². The van der Waals surface area contributed by atoms with Crippen molar-refractivity contribution in [3.63, 3.8) is 0 Å². The van der Waals surface area contributed by atoms with Gasteiger partial charge in [-0.1, -0.05) is 38.1 Å². The van der Waals surface area contributed by atoms with Gasteiger partial charge in [-0.3, -0.25) is 14.2 Å². The maximum absolute atomic E-state index is 12.0. The highest BCUT2D eigenvalue weighted by Crippen LogP contribution is 2.20. The van der Waals surface area contributed by atoms with E-state index in [1.165, 1.54) is 10.1 Å². The van der Waals surface area contributed by atoms with Crippen LogP contribution in [-0.4, -0.2) is 23.1 Å². The molecule has 3 aromatic rings. The molecule has 3 rings (SSSR count). The molecule has 0 saturated carbocycles. The van der Waals surface area contributed by atoms with Crippen molar-refractivity contribution in [3.8, 4) is 0 Å². The quantitative estimate of drug-likeness (QED) is 0.587. The van der Waals surface area contributed by atoms with Crippen LogP contribution in [0.4, 0.5) is 5.69 Å². The summed E-state index contributed by atoms with van der Waals surface area (Å²) >= 11 is 0. The second kappa shape index (κ2) is 9.23. The first-order valence-corrected chi connectivity index (χ1v) is 9.61. The van der Waals surface area contributed by atoms with Gasteiger partial charge in [0, 0.05) is 12.2 Å². The summed E-state index contributed by atoms with van der Waals surface area (Å²) in [6.45, 7) is 4.01. The molecule has 0 unspecified atom stereocenters. The number of nitrogens with zero attached hydrogens (tertiary/aromatic N) is 1. The number of aryl methyl sites for hydroxylation is 1. The van der Waals surface area contributed by atoms with E-state index in [0.29, 0.717) is 22.7 Å². The summed E-state index contributed by atoms with van der Waals surface area (Å²) in [6, 6.07) is 14.6. The number of fused-ring (bicyclic) bond motifs is 1. The average molecular weight is 396 g/mol. The number of oxazole rings is 1. The number of hydrogen-bond donors (Lipinski definition) is 1. The van der Waals surface area contributed by atoms with Crippen molar-refractivity contribution >= 4 is 28.7 Å². The molecule has 0 fully saturated rings. The van der Waals surface area contributed by atoms with Gasteiger partial charge in [0.1, 0.15) is 0 Å². The van der Waals surface area contributed by atoms with Crippen molar-refractivity contribution in [3.05, 3.63) is 64.6 Å². The van der Waals surface area contributed by atoms with E-state index in [1.54, 1.807) is 24.3 Å². The Bertz CT molecular complexity index is 1050. The SMILES string of the molecule is CC[C@@H](C)c1ccc(NC(=O)COC(=O)CCn2c(=O)oc3ccccc32)cc1. The number of carbonyl (C=O) groups is 2. The molecular weight excluding hydrogens is 372 g/mol. The average Bonchev–Trinajstić information content (AvgIpc) is 3.05. The Labute approximate surface area is 168 Å². The molecule has 1 amide bonds. The maximum atomic E-state index is 12.0. The Morgan fingerprint density at radius 1 is 1.14 bits per heavy atom. The van der Waals surface area contributed by atoms with E-state index in [1.807, 2.05) is 24.3 Å². The molecule has 0 bridgehead atoms. The second-order valence-corrected chi connectivity index (χ2v) is 6.88. The van der Waals surface area contributed by atoms with Gasteiger partial charge in [0.25, 0.3) is 5.91 Å². The first kappa shape index (κ1) is 20.4. The van der Waals surface area contributed by atoms with Gasteiger partial charge < -0.3 is 14.5 Å². The van der Waals surface area contributed by atoms with Crippen molar-refractivity contribution in [2.24, 2.45) is 0 Å². The fourth-order valence-corrected chi connectivity index (χ4v) is 2.97. The summed E-state index contributed by atoms with van der Waals surface area (Å²) in [7, 11) is 0. The highest BCUT2D eigenvalue weighted by atomic mass is 16.5. The third-order valence-electron chi connectivity index (χ3n) is 4.85. The zero-order chi connectivity index (χ0) is 20.8. The number of amides is 1. The highest BCUT2D eigenvalue weighted by Gasteiger charge is 2.12. The van der Waals surface area contributed by atoms with Gasteiger partial charge >= 0.3 is 11.7 Å². The van der Waals surface area contributed by atoms with E-state index < -0.39 is 17.6 Å². The Morgan fingerprint density at radius 3 is 2.59 bits per heavy atom.